The quantitative estimate of drug-likeness (QED) is 0.470. The molecule has 0 saturated carbocycles. The van der Waals surface area contributed by atoms with Gasteiger partial charge >= 0.3 is 6.18 Å². The van der Waals surface area contributed by atoms with E-state index in [0.29, 0.717) is 0 Å². The van der Waals surface area contributed by atoms with Crippen LogP contribution in [0.1, 0.15) is 15.9 Å². The third kappa shape index (κ3) is 3.56. The summed E-state index contributed by atoms with van der Waals surface area (Å²) in [6.07, 6.45) is -4.39. The first kappa shape index (κ1) is 14.2. The molecule has 1 aromatic rings. The van der Waals surface area contributed by atoms with Gasteiger partial charge in [0, 0.05) is 5.56 Å². The molecule has 0 aliphatic heterocycles. The Morgan fingerprint density at radius 2 is 1.44 bits per heavy atom. The van der Waals surface area contributed by atoms with Crippen LogP contribution in [0.2, 0.25) is 0 Å². The minimum absolute atomic E-state index is 0.165. The van der Waals surface area contributed by atoms with Crippen molar-refractivity contribution in [2.45, 2.75) is 8.32 Å². The van der Waals surface area contributed by atoms with Gasteiger partial charge in [0.2, 0.25) is 5.78 Å². The Labute approximate surface area is 115 Å². The summed E-state index contributed by atoms with van der Waals surface area (Å²) >= 11 is 9.00. The van der Waals surface area contributed by atoms with E-state index in [1.807, 2.05) is 0 Å². The van der Waals surface area contributed by atoms with Gasteiger partial charge in [0.1, 0.15) is 0 Å². The van der Waals surface area contributed by atoms with Crippen LogP contribution in [0.25, 0.3) is 0 Å². The fourth-order valence-electron chi connectivity index (χ4n) is 0.974. The summed E-state index contributed by atoms with van der Waals surface area (Å²) in [7, 11) is 0. The highest BCUT2D eigenvalue weighted by atomic mass is 80.0. The Bertz CT molecular complexity index is 392. The van der Waals surface area contributed by atoms with E-state index in [2.05, 4.69) is 47.8 Å². The van der Waals surface area contributed by atoms with Gasteiger partial charge in [0.15, 0.2) is 2.14 Å². The molecule has 0 N–H and O–H groups in total. The zero-order chi connectivity index (χ0) is 12.6. The molecule has 0 aromatic heterocycles. The average molecular weight is 425 g/mol. The van der Waals surface area contributed by atoms with E-state index in [0.717, 1.165) is 24.3 Å². The maximum Gasteiger partial charge on any atom is 0.416 e. The molecule has 0 atom stereocenters. The summed E-state index contributed by atoms with van der Waals surface area (Å²) in [6.45, 7) is 0. The van der Waals surface area contributed by atoms with Crippen LogP contribution >= 0.6 is 47.8 Å². The molecule has 1 aromatic carbocycles. The van der Waals surface area contributed by atoms with E-state index in [9.17, 15) is 18.0 Å². The zero-order valence-corrected chi connectivity index (χ0v) is 12.2. The fraction of sp³-hybridized carbons (Fsp3) is 0.222. The number of benzene rings is 1. The standard InChI is InChI=1S/C9H4Br3F3O/c10-8(11,12)7(16)5-1-3-6(4-2-5)9(13,14)15/h1-4H. The predicted octanol–water partition coefficient (Wildman–Crippen LogP) is 4.73. The van der Waals surface area contributed by atoms with E-state index in [-0.39, 0.29) is 5.56 Å². The molecule has 16 heavy (non-hydrogen) atoms. The van der Waals surface area contributed by atoms with Crippen molar-refractivity contribution in [3.8, 4) is 0 Å². The van der Waals surface area contributed by atoms with Crippen molar-refractivity contribution in [1.29, 1.82) is 0 Å². The zero-order valence-electron chi connectivity index (χ0n) is 7.49. The number of halogens is 6. The molecule has 0 fully saturated rings. The molecule has 1 nitrogen and oxygen atoms in total. The van der Waals surface area contributed by atoms with Crippen molar-refractivity contribution >= 4 is 53.6 Å². The molecule has 0 saturated heterocycles. The van der Waals surface area contributed by atoms with E-state index in [1.54, 1.807) is 0 Å². The number of ketones is 1. The molecular formula is C9H4Br3F3O. The molecule has 1 rings (SSSR count). The fourth-order valence-corrected chi connectivity index (χ4v) is 1.66. The lowest BCUT2D eigenvalue weighted by Gasteiger charge is -2.11. The molecule has 0 heterocycles. The highest BCUT2D eigenvalue weighted by Gasteiger charge is 2.32. The lowest BCUT2D eigenvalue weighted by atomic mass is 10.1. The monoisotopic (exact) mass is 422 g/mol. The van der Waals surface area contributed by atoms with Crippen molar-refractivity contribution < 1.29 is 18.0 Å². The van der Waals surface area contributed by atoms with Crippen LogP contribution in [0.4, 0.5) is 13.2 Å². The minimum atomic E-state index is -4.39. The predicted molar refractivity (Wildman–Crippen MR) is 65.3 cm³/mol. The summed E-state index contributed by atoms with van der Waals surface area (Å²) in [5.74, 6) is -0.416. The van der Waals surface area contributed by atoms with E-state index in [1.165, 1.54) is 0 Å². The van der Waals surface area contributed by atoms with Gasteiger partial charge in [-0.15, -0.1) is 0 Å². The Balaban J connectivity index is 3.01. The molecule has 0 aliphatic rings. The first-order valence-corrected chi connectivity index (χ1v) is 6.29. The number of carbonyl (C=O) groups is 1. The Morgan fingerprint density at radius 1 is 1.00 bits per heavy atom. The summed E-state index contributed by atoms with van der Waals surface area (Å²) in [4.78, 5) is 11.6. The van der Waals surface area contributed by atoms with Crippen LogP contribution < -0.4 is 0 Å². The van der Waals surface area contributed by atoms with Gasteiger partial charge in [0.25, 0.3) is 0 Å². The number of hydrogen-bond acceptors (Lipinski definition) is 1. The third-order valence-corrected chi connectivity index (χ3v) is 2.81. The molecule has 88 valence electrons. The van der Waals surface area contributed by atoms with Gasteiger partial charge in [-0.3, -0.25) is 4.79 Å². The lowest BCUT2D eigenvalue weighted by Crippen LogP contribution is -2.17. The maximum absolute atomic E-state index is 12.2. The van der Waals surface area contributed by atoms with Crippen LogP contribution in [-0.2, 0) is 6.18 Å². The first-order valence-electron chi connectivity index (χ1n) is 3.91. The molecule has 0 bridgehead atoms. The lowest BCUT2D eigenvalue weighted by molar-refractivity contribution is -0.137. The molecule has 0 amide bonds. The van der Waals surface area contributed by atoms with Crippen molar-refractivity contribution in [1.82, 2.24) is 0 Å². The second kappa shape index (κ2) is 4.78. The van der Waals surface area contributed by atoms with Gasteiger partial charge in [-0.25, -0.2) is 0 Å². The summed E-state index contributed by atoms with van der Waals surface area (Å²) in [5, 5.41) is 0. The molecular weight excluding hydrogens is 421 g/mol. The van der Waals surface area contributed by atoms with Crippen LogP contribution in [0, 0.1) is 0 Å². The topological polar surface area (TPSA) is 17.1 Å². The van der Waals surface area contributed by atoms with Crippen molar-refractivity contribution in [2.24, 2.45) is 0 Å². The Morgan fingerprint density at radius 3 is 1.75 bits per heavy atom. The van der Waals surface area contributed by atoms with Crippen molar-refractivity contribution in [3.05, 3.63) is 35.4 Å². The van der Waals surface area contributed by atoms with Gasteiger partial charge < -0.3 is 0 Å². The van der Waals surface area contributed by atoms with E-state index < -0.39 is 19.7 Å². The summed E-state index contributed by atoms with van der Waals surface area (Å²) in [5.41, 5.74) is -0.619. The van der Waals surface area contributed by atoms with E-state index in [4.69, 9.17) is 0 Å². The van der Waals surface area contributed by atoms with Gasteiger partial charge in [-0.05, 0) is 12.1 Å². The molecule has 0 aliphatic carbocycles. The van der Waals surface area contributed by atoms with Crippen LogP contribution in [0.15, 0.2) is 24.3 Å². The third-order valence-electron chi connectivity index (χ3n) is 1.73. The summed E-state index contributed by atoms with van der Waals surface area (Å²) in [6, 6.07) is 3.99. The number of carbonyl (C=O) groups excluding carboxylic acids is 1. The van der Waals surface area contributed by atoms with Gasteiger partial charge in [0.05, 0.1) is 5.56 Å². The number of rotatable bonds is 1. The Hall–Kier alpha value is 0.120. The number of alkyl halides is 6. The number of hydrogen-bond donors (Lipinski definition) is 0. The van der Waals surface area contributed by atoms with Gasteiger partial charge in [-0.2, -0.15) is 13.2 Å². The molecule has 7 heteroatoms. The molecule has 0 unspecified atom stereocenters. The van der Waals surface area contributed by atoms with E-state index >= 15 is 0 Å². The second-order valence-corrected chi connectivity index (χ2v) is 9.66. The smallest absolute Gasteiger partial charge is 0.291 e. The summed E-state index contributed by atoms with van der Waals surface area (Å²) < 4.78 is 35.6. The Kier molecular flexibility index (Phi) is 4.23. The highest BCUT2D eigenvalue weighted by molar-refractivity contribution is 9.40. The molecule has 0 radical (unpaired) electrons. The SMILES string of the molecule is O=C(c1ccc(C(F)(F)F)cc1)C(Br)(Br)Br. The molecule has 0 spiro atoms. The van der Waals surface area contributed by atoms with Crippen LogP contribution in [0.3, 0.4) is 0 Å². The minimum Gasteiger partial charge on any atom is -0.291 e. The first-order chi connectivity index (χ1) is 7.12. The van der Waals surface area contributed by atoms with Crippen LogP contribution in [-0.4, -0.2) is 7.93 Å². The highest BCUT2D eigenvalue weighted by Crippen LogP contribution is 2.37. The van der Waals surface area contributed by atoms with Crippen molar-refractivity contribution in [3.63, 3.8) is 0 Å². The largest absolute Gasteiger partial charge is 0.416 e. The normalized spacial score (nSPS) is 12.6. The van der Waals surface area contributed by atoms with Gasteiger partial charge in [-0.1, -0.05) is 59.9 Å². The maximum atomic E-state index is 12.2. The van der Waals surface area contributed by atoms with Crippen molar-refractivity contribution in [2.75, 3.05) is 0 Å². The average Bonchev–Trinajstić information content (AvgIpc) is 2.14. The second-order valence-electron chi connectivity index (χ2n) is 2.90. The van der Waals surface area contributed by atoms with Crippen LogP contribution in [0.5, 0.6) is 0 Å². The number of Topliss-reactive ketones (excluding diaryl/α,β-unsaturated/α-hetero) is 1.